The van der Waals surface area contributed by atoms with E-state index in [9.17, 15) is 0 Å². The minimum atomic E-state index is 0. The molecule has 0 aliphatic heterocycles. The molecule has 0 amide bonds. The van der Waals surface area contributed by atoms with Gasteiger partial charge in [-0.25, -0.2) is 0 Å². The van der Waals surface area contributed by atoms with Crippen molar-refractivity contribution in [2.75, 3.05) is 0 Å². The summed E-state index contributed by atoms with van der Waals surface area (Å²) in [6, 6.07) is 7.44. The summed E-state index contributed by atoms with van der Waals surface area (Å²) < 4.78 is 0. The summed E-state index contributed by atoms with van der Waals surface area (Å²) in [5.41, 5.74) is 0.956. The summed E-state index contributed by atoms with van der Waals surface area (Å²) in [4.78, 5) is 0. The molecule has 0 aliphatic carbocycles. The fraction of sp³-hybridized carbons (Fsp3) is 0. The summed E-state index contributed by atoms with van der Waals surface area (Å²) in [7, 11) is 0. The second kappa shape index (κ2) is 6.03. The van der Waals surface area contributed by atoms with E-state index in [1.54, 1.807) is 0 Å². The summed E-state index contributed by atoms with van der Waals surface area (Å²) in [5, 5.41) is 0.748. The van der Waals surface area contributed by atoms with Gasteiger partial charge in [0.2, 0.25) is 0 Å². The van der Waals surface area contributed by atoms with Gasteiger partial charge in [-0.1, -0.05) is 17.7 Å². The molecule has 0 heterocycles. The second-order valence-corrected chi connectivity index (χ2v) is 2.07. The topological polar surface area (TPSA) is 0 Å². The Kier molecular flexibility index (Phi) is 7.80. The summed E-state index contributed by atoms with van der Waals surface area (Å²) in [6.45, 7) is 3.70. The quantitative estimate of drug-likeness (QED) is 0.414. The van der Waals surface area contributed by atoms with Crippen molar-refractivity contribution in [1.29, 1.82) is 0 Å². The maximum absolute atomic E-state index is 5.60. The first-order valence-electron chi connectivity index (χ1n) is 2.36. The molecule has 0 unspecified atom stereocenters. The average Bonchev–Trinajstić information content (AvgIpc) is 1.64. The molecule has 0 radical (unpaired) electrons. The van der Waals surface area contributed by atoms with Gasteiger partial charge in [-0.15, -0.1) is 12.1 Å². The van der Waals surface area contributed by atoms with Gasteiger partial charge in [0.15, 0.2) is 0 Å². The van der Waals surface area contributed by atoms with Crippen LogP contribution in [0.1, 0.15) is 5.56 Å². The van der Waals surface area contributed by atoms with Crippen molar-refractivity contribution in [3.05, 3.63) is 41.8 Å². The Morgan fingerprint density at radius 1 is 1.30 bits per heavy atom. The fourth-order valence-electron chi connectivity index (χ4n) is 0.537. The van der Waals surface area contributed by atoms with Crippen LogP contribution in [-0.4, -0.2) is 0 Å². The molecule has 0 saturated heterocycles. The van der Waals surface area contributed by atoms with E-state index < -0.39 is 0 Å². The van der Waals surface area contributed by atoms with Crippen LogP contribution in [0, 0.1) is 6.92 Å². The predicted molar refractivity (Wildman–Crippen MR) is 35.9 cm³/mol. The Morgan fingerprint density at radius 3 is 2.20 bits per heavy atom. The zero-order valence-electron chi connectivity index (χ0n) is 5.48. The van der Waals surface area contributed by atoms with Gasteiger partial charge >= 0.3 is 19.5 Å². The molecule has 0 fully saturated rings. The van der Waals surface area contributed by atoms with Crippen LogP contribution in [0.3, 0.4) is 0 Å². The van der Waals surface area contributed by atoms with Crippen LogP contribution in [0.4, 0.5) is 0 Å². The van der Waals surface area contributed by atoms with Gasteiger partial charge in [0.25, 0.3) is 0 Å². The van der Waals surface area contributed by atoms with Crippen LogP contribution >= 0.6 is 11.6 Å². The third-order valence-corrected chi connectivity index (χ3v) is 1.12. The van der Waals surface area contributed by atoms with Gasteiger partial charge in [0, 0.05) is 0 Å². The van der Waals surface area contributed by atoms with E-state index in [0.717, 1.165) is 10.6 Å². The monoisotopic (exact) mass is 224 g/mol. The average molecular weight is 226 g/mol. The molecule has 0 nitrogen and oxygen atoms in total. The number of rotatable bonds is 0. The fourth-order valence-corrected chi connectivity index (χ4v) is 0.750. The molecule has 3 heteroatoms. The zero-order chi connectivity index (χ0) is 5.98. The smallest absolute Gasteiger partial charge is 1.00 e. The zero-order valence-corrected chi connectivity index (χ0v) is 9.96. The molecule has 10 heavy (non-hydrogen) atoms. The number of hydrogen-bond acceptors (Lipinski definition) is 0. The molecule has 50 valence electrons. The Morgan fingerprint density at radius 2 is 1.90 bits per heavy atom. The Labute approximate surface area is 85.1 Å². The van der Waals surface area contributed by atoms with E-state index in [0.29, 0.717) is 0 Å². The molecule has 0 atom stereocenters. The first-order chi connectivity index (χ1) is 3.79. The van der Waals surface area contributed by atoms with Crippen LogP contribution < -0.4 is 12.4 Å². The van der Waals surface area contributed by atoms with Crippen molar-refractivity contribution in [2.24, 2.45) is 0 Å². The largest absolute Gasteiger partial charge is 2.00 e. The van der Waals surface area contributed by atoms with E-state index in [1.165, 1.54) is 0 Å². The van der Waals surface area contributed by atoms with Gasteiger partial charge < -0.3 is 12.4 Å². The van der Waals surface area contributed by atoms with E-state index in [-0.39, 0.29) is 31.9 Å². The van der Waals surface area contributed by atoms with Gasteiger partial charge in [0.1, 0.15) is 0 Å². The Hall–Kier alpha value is 0.293. The van der Waals surface area contributed by atoms with Crippen molar-refractivity contribution in [3.63, 3.8) is 0 Å². The molecule has 0 bridgehead atoms. The third-order valence-electron chi connectivity index (χ3n) is 0.889. The molecule has 0 aliphatic rings. The summed E-state index contributed by atoms with van der Waals surface area (Å²) in [5.74, 6) is 0. The van der Waals surface area contributed by atoms with Crippen molar-refractivity contribution in [1.82, 2.24) is 0 Å². The summed E-state index contributed by atoms with van der Waals surface area (Å²) in [6.07, 6.45) is 0. The van der Waals surface area contributed by atoms with Crippen LogP contribution in [0.2, 0.25) is 5.02 Å². The van der Waals surface area contributed by atoms with Gasteiger partial charge in [-0.05, 0) is 5.02 Å². The van der Waals surface area contributed by atoms with Gasteiger partial charge in [-0.3, -0.25) is 0 Å². The van der Waals surface area contributed by atoms with Crippen molar-refractivity contribution in [2.45, 2.75) is 0 Å². The maximum Gasteiger partial charge on any atom is 2.00 e. The third kappa shape index (κ3) is 4.16. The van der Waals surface area contributed by atoms with E-state index >= 15 is 0 Å². The number of hydrogen-bond donors (Lipinski definition) is 0. The molecular formula is C7H6Cl2Zn. The molecule has 1 rings (SSSR count). The van der Waals surface area contributed by atoms with Gasteiger partial charge in [0.05, 0.1) is 0 Å². The van der Waals surface area contributed by atoms with Crippen LogP contribution in [0.25, 0.3) is 0 Å². The molecule has 0 N–H and O–H groups in total. The SMILES string of the molecule is [CH2-]c1cccc(Cl)c1.[Cl-].[Zn+2]. The van der Waals surface area contributed by atoms with E-state index in [1.807, 2.05) is 24.3 Å². The van der Waals surface area contributed by atoms with Gasteiger partial charge in [-0.2, -0.15) is 18.6 Å². The number of benzene rings is 1. The standard InChI is InChI=1S/C7H6Cl.ClH.Zn/c1-6-3-2-4-7(8)5-6;;/h2-5H,1H2;1H;/q-1;;+2/p-1. The van der Waals surface area contributed by atoms with Crippen molar-refractivity contribution < 1.29 is 31.9 Å². The van der Waals surface area contributed by atoms with Crippen LogP contribution in [0.5, 0.6) is 0 Å². The van der Waals surface area contributed by atoms with Crippen molar-refractivity contribution >= 4 is 11.6 Å². The van der Waals surface area contributed by atoms with E-state index in [4.69, 9.17) is 11.6 Å². The minimum Gasteiger partial charge on any atom is -1.00 e. The summed E-state index contributed by atoms with van der Waals surface area (Å²) >= 11 is 5.60. The van der Waals surface area contributed by atoms with Crippen LogP contribution in [-0.2, 0) is 19.5 Å². The van der Waals surface area contributed by atoms with Crippen LogP contribution in [0.15, 0.2) is 24.3 Å². The van der Waals surface area contributed by atoms with E-state index in [2.05, 4.69) is 6.92 Å². The van der Waals surface area contributed by atoms with Crippen molar-refractivity contribution in [3.8, 4) is 0 Å². The Bertz CT molecular complexity index is 171. The first-order valence-corrected chi connectivity index (χ1v) is 2.74. The molecule has 0 spiro atoms. The normalized spacial score (nSPS) is 7.30. The number of halogens is 2. The molecule has 1 aromatic rings. The molecule has 1 aromatic carbocycles. The molecule has 0 saturated carbocycles. The molecule has 0 aromatic heterocycles. The maximum atomic E-state index is 5.60. The Balaban J connectivity index is 0. The molecular weight excluding hydrogens is 220 g/mol. The predicted octanol–water partition coefficient (Wildman–Crippen LogP) is -0.476. The minimum absolute atomic E-state index is 0. The second-order valence-electron chi connectivity index (χ2n) is 1.63. The first kappa shape index (κ1) is 12.9.